The van der Waals surface area contributed by atoms with E-state index in [1.807, 2.05) is 0 Å². The Balaban J connectivity index is 0. The lowest BCUT2D eigenvalue weighted by molar-refractivity contribution is 1.48. The molecule has 0 heterocycles. The van der Waals surface area contributed by atoms with Gasteiger partial charge in [-0.1, -0.05) is 12.2 Å². The molecule has 0 fully saturated rings. The van der Waals surface area contributed by atoms with Gasteiger partial charge < -0.3 is 5.73 Å². The molecule has 2 N–H and O–H groups in total. The summed E-state index contributed by atoms with van der Waals surface area (Å²) in [5.41, 5.74) is 4.50. The number of hydrogen-bond donors (Lipinski definition) is 1. The molecule has 0 spiro atoms. The van der Waals surface area contributed by atoms with E-state index in [-0.39, 0.29) is 0 Å². The fourth-order valence-corrected chi connectivity index (χ4v) is 0.183. The highest BCUT2D eigenvalue weighted by atomic mass is 32.1. The van der Waals surface area contributed by atoms with Crippen LogP contribution in [-0.2, 0) is 0 Å². The molecule has 42 valence electrons. The zero-order valence-electron chi connectivity index (χ0n) is 4.59. The highest BCUT2D eigenvalue weighted by Gasteiger charge is 1.44. The van der Waals surface area contributed by atoms with E-state index in [9.17, 15) is 0 Å². The van der Waals surface area contributed by atoms with Crippen molar-refractivity contribution in [3.8, 4) is 0 Å². The third-order valence-electron chi connectivity index (χ3n) is 0.210. The first-order chi connectivity index (χ1) is 3.41. The highest BCUT2D eigenvalue weighted by molar-refractivity contribution is 7.80. The van der Waals surface area contributed by atoms with Crippen LogP contribution in [0.25, 0.3) is 0 Å². The molecular weight excluding hydrogens is 108 g/mol. The van der Waals surface area contributed by atoms with Gasteiger partial charge >= 0.3 is 0 Å². The van der Waals surface area contributed by atoms with Crippen molar-refractivity contribution >= 4 is 23.8 Å². The molecule has 0 unspecified atom stereocenters. The van der Waals surface area contributed by atoms with Gasteiger partial charge in [0.05, 0.1) is 0 Å². The van der Waals surface area contributed by atoms with Crippen LogP contribution in [0.3, 0.4) is 0 Å². The van der Waals surface area contributed by atoms with Gasteiger partial charge in [-0.15, -0.1) is 0 Å². The quantitative estimate of drug-likeness (QED) is 0.396. The van der Waals surface area contributed by atoms with Gasteiger partial charge in [0.2, 0.25) is 0 Å². The van der Waals surface area contributed by atoms with Gasteiger partial charge in [-0.3, -0.25) is 4.99 Å². The summed E-state index contributed by atoms with van der Waals surface area (Å²) in [7, 11) is 3.18. The largest absolute Gasteiger partial charge is 0.333 e. The molecule has 0 aromatic heterocycles. The van der Waals surface area contributed by atoms with Crippen LogP contribution >= 0.6 is 12.2 Å². The Bertz CT molecular complexity index is 51.7. The van der Waals surface area contributed by atoms with Gasteiger partial charge in [0.1, 0.15) is 0 Å². The molecule has 0 radical (unpaired) electrons. The fourth-order valence-electron chi connectivity index (χ4n) is 0.0609. The Hall–Kier alpha value is -0.280. The molecule has 0 saturated heterocycles. The smallest absolute Gasteiger partial charge is 0.0316 e. The number of rotatable bonds is 1. The van der Waals surface area contributed by atoms with Crippen LogP contribution < -0.4 is 5.73 Å². The third kappa shape index (κ3) is 26.8. The Labute approximate surface area is 49.4 Å². The summed E-state index contributed by atoms with van der Waals surface area (Å²) < 4.78 is 0. The lowest BCUT2D eigenvalue weighted by atomic mass is 10.9. The van der Waals surface area contributed by atoms with Crippen molar-refractivity contribution in [3.05, 3.63) is 0 Å². The summed E-state index contributed by atoms with van der Waals surface area (Å²) in [6, 6.07) is 0. The van der Waals surface area contributed by atoms with Crippen LogP contribution in [0.2, 0.25) is 0 Å². The van der Waals surface area contributed by atoms with Crippen LogP contribution in [0, 0.1) is 0 Å². The van der Waals surface area contributed by atoms with Crippen molar-refractivity contribution in [2.45, 2.75) is 0 Å². The SMILES string of the molecule is CN.CN=CC=S. The number of nitrogens with zero attached hydrogens (tertiary/aromatic N) is 1. The topological polar surface area (TPSA) is 38.4 Å². The number of hydrogen-bond acceptors (Lipinski definition) is 3. The van der Waals surface area contributed by atoms with Crippen molar-refractivity contribution in [3.63, 3.8) is 0 Å². The molecular formula is C4H10N2S. The minimum atomic E-state index is 1.47. The standard InChI is InChI=1S/C3H5NS.CH5N/c1-4-2-3-5;1-2/h2-3H,1H3;2H2,1H3. The maximum atomic E-state index is 4.50. The first-order valence-corrected chi connectivity index (χ1v) is 2.32. The van der Waals surface area contributed by atoms with Gasteiger partial charge in [-0.05, 0) is 7.05 Å². The van der Waals surface area contributed by atoms with Crippen molar-refractivity contribution in [1.29, 1.82) is 0 Å². The minimum Gasteiger partial charge on any atom is -0.333 e. The van der Waals surface area contributed by atoms with Gasteiger partial charge in [-0.25, -0.2) is 0 Å². The summed E-state index contributed by atoms with van der Waals surface area (Å²) in [6.45, 7) is 0. The van der Waals surface area contributed by atoms with Gasteiger partial charge in [0.15, 0.2) is 0 Å². The molecule has 0 bridgehead atoms. The van der Waals surface area contributed by atoms with E-state index in [4.69, 9.17) is 0 Å². The Morgan fingerprint density at radius 2 is 2.00 bits per heavy atom. The molecule has 0 atom stereocenters. The average Bonchev–Trinajstić information content (AvgIpc) is 1.75. The summed E-state index contributed by atoms with van der Waals surface area (Å²) in [5.74, 6) is 0. The average molecular weight is 118 g/mol. The lowest BCUT2D eigenvalue weighted by Gasteiger charge is -1.56. The van der Waals surface area contributed by atoms with Crippen molar-refractivity contribution in [1.82, 2.24) is 0 Å². The molecule has 0 saturated carbocycles. The molecule has 7 heavy (non-hydrogen) atoms. The summed E-state index contributed by atoms with van der Waals surface area (Å²) in [5, 5.41) is 1.47. The first-order valence-electron chi connectivity index (χ1n) is 1.85. The second-order valence-electron chi connectivity index (χ2n) is 0.543. The number of nitrogens with two attached hydrogens (primary N) is 1. The zero-order valence-corrected chi connectivity index (χ0v) is 5.40. The summed E-state index contributed by atoms with van der Waals surface area (Å²) in [4.78, 5) is 3.57. The second-order valence-corrected chi connectivity index (χ2v) is 0.816. The number of thiocarbonyl (C=S) groups is 1. The van der Waals surface area contributed by atoms with E-state index in [1.165, 1.54) is 12.4 Å². The van der Waals surface area contributed by atoms with Crippen LogP contribution in [0.15, 0.2) is 4.99 Å². The fraction of sp³-hybridized carbons (Fsp3) is 0.500. The summed E-state index contributed by atoms with van der Waals surface area (Å²) >= 11 is 4.38. The van der Waals surface area contributed by atoms with E-state index in [0.29, 0.717) is 0 Å². The summed E-state index contributed by atoms with van der Waals surface area (Å²) in [6.07, 6.45) is 1.56. The molecule has 0 amide bonds. The molecule has 3 heteroatoms. The van der Waals surface area contributed by atoms with E-state index < -0.39 is 0 Å². The Kier molecular flexibility index (Phi) is 24.3. The van der Waals surface area contributed by atoms with E-state index >= 15 is 0 Å². The van der Waals surface area contributed by atoms with Crippen LogP contribution in [-0.4, -0.2) is 25.7 Å². The molecule has 0 aromatic rings. The van der Waals surface area contributed by atoms with E-state index in [1.54, 1.807) is 13.3 Å². The van der Waals surface area contributed by atoms with Crippen LogP contribution in [0.5, 0.6) is 0 Å². The molecule has 0 aromatic carbocycles. The van der Waals surface area contributed by atoms with Gasteiger partial charge in [-0.2, -0.15) is 0 Å². The zero-order chi connectivity index (χ0) is 6.12. The minimum absolute atomic E-state index is 1.47. The lowest BCUT2D eigenvalue weighted by Crippen LogP contribution is -1.69. The van der Waals surface area contributed by atoms with E-state index in [0.717, 1.165) is 0 Å². The monoisotopic (exact) mass is 118 g/mol. The molecule has 0 aliphatic carbocycles. The van der Waals surface area contributed by atoms with Crippen LogP contribution in [0.4, 0.5) is 0 Å². The Morgan fingerprint density at radius 3 is 2.00 bits per heavy atom. The highest BCUT2D eigenvalue weighted by Crippen LogP contribution is 1.44. The maximum absolute atomic E-state index is 4.50. The maximum Gasteiger partial charge on any atom is 0.0316 e. The predicted octanol–water partition coefficient (Wildman–Crippen LogP) is 0.262. The number of aliphatic imine (C=N–C) groups is 1. The van der Waals surface area contributed by atoms with Crippen molar-refractivity contribution < 1.29 is 0 Å². The Morgan fingerprint density at radius 1 is 1.57 bits per heavy atom. The van der Waals surface area contributed by atoms with Gasteiger partial charge in [0.25, 0.3) is 0 Å². The van der Waals surface area contributed by atoms with Gasteiger partial charge in [0, 0.05) is 18.6 Å². The third-order valence-corrected chi connectivity index (χ3v) is 0.332. The predicted molar refractivity (Wildman–Crippen MR) is 38.2 cm³/mol. The molecule has 0 aliphatic rings. The molecule has 0 aliphatic heterocycles. The second kappa shape index (κ2) is 17.2. The molecule has 0 rings (SSSR count). The van der Waals surface area contributed by atoms with E-state index in [2.05, 4.69) is 22.9 Å². The van der Waals surface area contributed by atoms with Crippen LogP contribution in [0.1, 0.15) is 0 Å². The first kappa shape index (κ1) is 9.87. The molecule has 2 nitrogen and oxygen atoms in total. The normalized spacial score (nSPS) is 7.29. The van der Waals surface area contributed by atoms with Crippen molar-refractivity contribution in [2.75, 3.05) is 14.1 Å². The van der Waals surface area contributed by atoms with Crippen molar-refractivity contribution in [2.24, 2.45) is 10.7 Å².